The van der Waals surface area contributed by atoms with Gasteiger partial charge in [-0.15, -0.1) is 0 Å². The van der Waals surface area contributed by atoms with Gasteiger partial charge in [0.25, 0.3) is 0 Å². The highest BCUT2D eigenvalue weighted by Gasteiger charge is 2.25. The molecule has 1 aliphatic carbocycles. The topological polar surface area (TPSA) is 20.2 Å². The van der Waals surface area contributed by atoms with E-state index in [0.717, 1.165) is 18.8 Å². The Morgan fingerprint density at radius 1 is 0.923 bits per heavy atom. The number of aliphatic hydroxyl groups is 1. The van der Waals surface area contributed by atoms with Gasteiger partial charge in [0, 0.05) is 0 Å². The predicted molar refractivity (Wildman–Crippen MR) is 56.7 cm³/mol. The molecule has 0 amide bonds. The van der Waals surface area contributed by atoms with Crippen molar-refractivity contribution in [2.75, 3.05) is 0 Å². The van der Waals surface area contributed by atoms with E-state index in [2.05, 4.69) is 20.8 Å². The molecule has 1 rings (SSSR count). The van der Waals surface area contributed by atoms with Crippen molar-refractivity contribution in [1.29, 1.82) is 0 Å². The molecule has 13 heavy (non-hydrogen) atoms. The largest absolute Gasteiger partial charge is 0.393 e. The fraction of sp³-hybridized carbons (Fsp3) is 1.00. The first-order valence-corrected chi connectivity index (χ1v) is 5.68. The molecule has 1 fully saturated rings. The minimum atomic E-state index is -0.0130. The number of rotatable bonds is 0. The Kier molecular flexibility index (Phi) is 3.78. The zero-order valence-electron chi connectivity index (χ0n) is 9.34. The second-order valence-electron chi connectivity index (χ2n) is 5.58. The molecule has 0 aromatic heterocycles. The fourth-order valence-electron chi connectivity index (χ4n) is 2.35. The minimum absolute atomic E-state index is 0.0130. The standard InChI is InChI=1S/C12H24O/c1-12(2,3)10-6-4-8-11(13)9-5-7-10/h10-11,13H,4-9H2,1-3H3. The van der Waals surface area contributed by atoms with Crippen LogP contribution < -0.4 is 0 Å². The molecule has 1 saturated carbocycles. The average Bonchev–Trinajstić information content (AvgIpc) is 1.93. The minimum Gasteiger partial charge on any atom is -0.393 e. The Labute approximate surface area is 82.5 Å². The smallest absolute Gasteiger partial charge is 0.0540 e. The normalized spacial score (nSPS) is 32.3. The predicted octanol–water partition coefficient (Wildman–Crippen LogP) is 3.36. The molecule has 0 aromatic rings. The third-order valence-electron chi connectivity index (χ3n) is 3.40. The third kappa shape index (κ3) is 3.68. The Balaban J connectivity index is 2.42. The summed E-state index contributed by atoms with van der Waals surface area (Å²) in [5.74, 6) is 0.861. The fourth-order valence-corrected chi connectivity index (χ4v) is 2.35. The van der Waals surface area contributed by atoms with Crippen molar-refractivity contribution in [3.8, 4) is 0 Å². The number of hydrogen-bond acceptors (Lipinski definition) is 1. The van der Waals surface area contributed by atoms with Gasteiger partial charge < -0.3 is 5.11 Å². The zero-order chi connectivity index (χ0) is 9.90. The Bertz CT molecular complexity index is 136. The van der Waals surface area contributed by atoms with Crippen LogP contribution in [0, 0.1) is 11.3 Å². The number of aliphatic hydroxyl groups excluding tert-OH is 1. The van der Waals surface area contributed by atoms with Crippen LogP contribution in [-0.2, 0) is 0 Å². The summed E-state index contributed by atoms with van der Waals surface area (Å²) in [6.07, 6.45) is 7.06. The molecule has 0 saturated heterocycles. The van der Waals surface area contributed by atoms with E-state index in [1.54, 1.807) is 0 Å². The van der Waals surface area contributed by atoms with Gasteiger partial charge in [0.05, 0.1) is 6.10 Å². The molecule has 0 bridgehead atoms. The van der Waals surface area contributed by atoms with E-state index in [-0.39, 0.29) is 6.10 Å². The molecule has 0 heterocycles. The van der Waals surface area contributed by atoms with Crippen LogP contribution in [0.1, 0.15) is 59.3 Å². The van der Waals surface area contributed by atoms with Gasteiger partial charge in [-0.3, -0.25) is 0 Å². The molecule has 0 radical (unpaired) electrons. The number of hydrogen-bond donors (Lipinski definition) is 1. The maximum atomic E-state index is 9.50. The first-order chi connectivity index (χ1) is 6.00. The van der Waals surface area contributed by atoms with Crippen LogP contribution in [0.5, 0.6) is 0 Å². The monoisotopic (exact) mass is 184 g/mol. The van der Waals surface area contributed by atoms with Gasteiger partial charge in [-0.25, -0.2) is 0 Å². The van der Waals surface area contributed by atoms with Gasteiger partial charge >= 0.3 is 0 Å². The first kappa shape index (κ1) is 11.0. The van der Waals surface area contributed by atoms with Crippen LogP contribution in [0.4, 0.5) is 0 Å². The molecule has 78 valence electrons. The highest BCUT2D eigenvalue weighted by molar-refractivity contribution is 4.76. The maximum absolute atomic E-state index is 9.50. The van der Waals surface area contributed by atoms with Crippen LogP contribution in [0.3, 0.4) is 0 Å². The molecule has 0 atom stereocenters. The zero-order valence-corrected chi connectivity index (χ0v) is 9.34. The summed E-state index contributed by atoms with van der Waals surface area (Å²) in [5, 5.41) is 9.50. The van der Waals surface area contributed by atoms with Crippen molar-refractivity contribution in [1.82, 2.24) is 0 Å². The molecule has 0 spiro atoms. The van der Waals surface area contributed by atoms with Crippen LogP contribution in [0.15, 0.2) is 0 Å². The lowest BCUT2D eigenvalue weighted by atomic mass is 9.74. The highest BCUT2D eigenvalue weighted by atomic mass is 16.3. The molecule has 0 aliphatic heterocycles. The molecule has 0 aromatic carbocycles. The van der Waals surface area contributed by atoms with E-state index >= 15 is 0 Å². The summed E-state index contributed by atoms with van der Waals surface area (Å²) in [4.78, 5) is 0. The van der Waals surface area contributed by atoms with Crippen molar-refractivity contribution in [3.63, 3.8) is 0 Å². The van der Waals surface area contributed by atoms with Crippen molar-refractivity contribution in [2.24, 2.45) is 11.3 Å². The van der Waals surface area contributed by atoms with Crippen LogP contribution >= 0.6 is 0 Å². The molecule has 1 heteroatoms. The maximum Gasteiger partial charge on any atom is 0.0540 e. The molecular weight excluding hydrogens is 160 g/mol. The molecule has 1 N–H and O–H groups in total. The highest BCUT2D eigenvalue weighted by Crippen LogP contribution is 2.35. The van der Waals surface area contributed by atoms with Gasteiger partial charge in [-0.2, -0.15) is 0 Å². The van der Waals surface area contributed by atoms with Crippen molar-refractivity contribution in [2.45, 2.75) is 65.4 Å². The second-order valence-corrected chi connectivity index (χ2v) is 5.58. The Hall–Kier alpha value is -0.0400. The van der Waals surface area contributed by atoms with Crippen LogP contribution in [0.2, 0.25) is 0 Å². The Morgan fingerprint density at radius 3 is 1.77 bits per heavy atom. The lowest BCUT2D eigenvalue weighted by molar-refractivity contribution is 0.112. The van der Waals surface area contributed by atoms with Crippen molar-refractivity contribution >= 4 is 0 Å². The lowest BCUT2D eigenvalue weighted by Crippen LogP contribution is -2.23. The van der Waals surface area contributed by atoms with Gasteiger partial charge in [-0.05, 0) is 37.0 Å². The van der Waals surface area contributed by atoms with E-state index in [0.29, 0.717) is 5.41 Å². The molecular formula is C12H24O. The van der Waals surface area contributed by atoms with E-state index in [1.165, 1.54) is 25.7 Å². The average molecular weight is 184 g/mol. The summed E-state index contributed by atoms with van der Waals surface area (Å²) >= 11 is 0. The van der Waals surface area contributed by atoms with E-state index < -0.39 is 0 Å². The molecule has 1 nitrogen and oxygen atoms in total. The Morgan fingerprint density at radius 2 is 1.38 bits per heavy atom. The first-order valence-electron chi connectivity index (χ1n) is 5.68. The van der Waals surface area contributed by atoms with E-state index in [4.69, 9.17) is 0 Å². The van der Waals surface area contributed by atoms with Gasteiger partial charge in [-0.1, -0.05) is 33.6 Å². The lowest BCUT2D eigenvalue weighted by Gasteiger charge is -2.33. The van der Waals surface area contributed by atoms with E-state index in [9.17, 15) is 5.11 Å². The summed E-state index contributed by atoms with van der Waals surface area (Å²) < 4.78 is 0. The van der Waals surface area contributed by atoms with Crippen LogP contribution in [0.25, 0.3) is 0 Å². The quantitative estimate of drug-likeness (QED) is 0.612. The summed E-state index contributed by atoms with van der Waals surface area (Å²) in [7, 11) is 0. The van der Waals surface area contributed by atoms with Gasteiger partial charge in [0.15, 0.2) is 0 Å². The SMILES string of the molecule is CC(C)(C)C1CCCC(O)CCC1. The van der Waals surface area contributed by atoms with Crippen LogP contribution in [-0.4, -0.2) is 11.2 Å². The second kappa shape index (κ2) is 4.45. The van der Waals surface area contributed by atoms with Crippen molar-refractivity contribution in [3.05, 3.63) is 0 Å². The van der Waals surface area contributed by atoms with Crippen molar-refractivity contribution < 1.29 is 5.11 Å². The van der Waals surface area contributed by atoms with E-state index in [1.807, 2.05) is 0 Å². The third-order valence-corrected chi connectivity index (χ3v) is 3.40. The van der Waals surface area contributed by atoms with Gasteiger partial charge in [0.2, 0.25) is 0 Å². The summed E-state index contributed by atoms with van der Waals surface area (Å²) in [6, 6.07) is 0. The summed E-state index contributed by atoms with van der Waals surface area (Å²) in [5.41, 5.74) is 0.461. The molecule has 1 aliphatic rings. The van der Waals surface area contributed by atoms with Gasteiger partial charge in [0.1, 0.15) is 0 Å². The molecule has 0 unspecified atom stereocenters. The summed E-state index contributed by atoms with van der Waals surface area (Å²) in [6.45, 7) is 7.03.